The van der Waals surface area contributed by atoms with Gasteiger partial charge >= 0.3 is 0 Å². The minimum atomic E-state index is -0.804. The van der Waals surface area contributed by atoms with Gasteiger partial charge in [0.15, 0.2) is 0 Å². The summed E-state index contributed by atoms with van der Waals surface area (Å²) in [4.78, 5) is 41.1. The van der Waals surface area contributed by atoms with E-state index in [1.807, 2.05) is 56.3 Å². The van der Waals surface area contributed by atoms with Crippen molar-refractivity contribution in [3.8, 4) is 0 Å². The Kier molecular flexibility index (Phi) is 4.22. The van der Waals surface area contributed by atoms with E-state index < -0.39 is 11.3 Å². The number of likely N-dealkylation sites (tertiary alicyclic amines) is 1. The van der Waals surface area contributed by atoms with Gasteiger partial charge in [0, 0.05) is 24.3 Å². The lowest BCUT2D eigenvalue weighted by Gasteiger charge is -2.24. The molecule has 2 aromatic carbocycles. The first kappa shape index (κ1) is 18.2. The molecule has 0 saturated carbocycles. The first-order valence-electron chi connectivity index (χ1n) is 9.40. The highest BCUT2D eigenvalue weighted by molar-refractivity contribution is 6.11. The predicted molar refractivity (Wildman–Crippen MR) is 106 cm³/mol. The maximum atomic E-state index is 13.3. The molecule has 1 saturated heterocycles. The number of para-hydroxylation sites is 1. The summed E-state index contributed by atoms with van der Waals surface area (Å²) in [6.07, 6.45) is 0.536. The fourth-order valence-corrected chi connectivity index (χ4v) is 4.34. The molecule has 6 heteroatoms. The van der Waals surface area contributed by atoms with E-state index >= 15 is 0 Å². The van der Waals surface area contributed by atoms with Gasteiger partial charge in [-0.2, -0.15) is 0 Å². The van der Waals surface area contributed by atoms with E-state index in [1.54, 1.807) is 4.90 Å². The molecule has 144 valence electrons. The Labute approximate surface area is 163 Å². The molecule has 2 aromatic rings. The molecule has 0 aromatic heterocycles. The SMILES string of the molecule is Cc1ccc(C(=O)N2CCC3(C2)C(=O)N(CC(N)=O)c2ccccc23)cc1C. The fraction of sp³-hybridized carbons (Fsp3) is 0.318. The number of amides is 3. The fourth-order valence-electron chi connectivity index (χ4n) is 4.34. The Hall–Kier alpha value is -3.15. The van der Waals surface area contributed by atoms with Crippen LogP contribution in [0.3, 0.4) is 0 Å². The summed E-state index contributed by atoms with van der Waals surface area (Å²) in [6.45, 7) is 4.65. The maximum Gasteiger partial charge on any atom is 0.253 e. The summed E-state index contributed by atoms with van der Waals surface area (Å²) in [5.74, 6) is -0.775. The average Bonchev–Trinajstić information content (AvgIpc) is 3.21. The molecule has 2 heterocycles. The topological polar surface area (TPSA) is 83.7 Å². The van der Waals surface area contributed by atoms with E-state index in [9.17, 15) is 14.4 Å². The molecule has 1 fully saturated rings. The molecular formula is C22H23N3O3. The van der Waals surface area contributed by atoms with Gasteiger partial charge < -0.3 is 15.5 Å². The summed E-state index contributed by atoms with van der Waals surface area (Å²) in [5, 5.41) is 0. The second kappa shape index (κ2) is 6.48. The first-order chi connectivity index (χ1) is 13.3. The lowest BCUT2D eigenvalue weighted by atomic mass is 9.81. The zero-order valence-electron chi connectivity index (χ0n) is 16.1. The molecule has 2 N–H and O–H groups in total. The van der Waals surface area contributed by atoms with Gasteiger partial charge in [-0.15, -0.1) is 0 Å². The van der Waals surface area contributed by atoms with E-state index in [2.05, 4.69) is 0 Å². The van der Waals surface area contributed by atoms with Crippen molar-refractivity contribution < 1.29 is 14.4 Å². The normalized spacial score (nSPS) is 20.7. The Bertz CT molecular complexity index is 1000. The van der Waals surface area contributed by atoms with Gasteiger partial charge in [-0.05, 0) is 55.2 Å². The lowest BCUT2D eigenvalue weighted by molar-refractivity contribution is -0.125. The van der Waals surface area contributed by atoms with Gasteiger partial charge in [0.1, 0.15) is 6.54 Å². The molecular weight excluding hydrogens is 354 g/mol. The lowest BCUT2D eigenvalue weighted by Crippen LogP contribution is -2.45. The molecule has 2 aliphatic heterocycles. The molecule has 0 radical (unpaired) electrons. The third-order valence-electron chi connectivity index (χ3n) is 5.99. The first-order valence-corrected chi connectivity index (χ1v) is 9.40. The monoisotopic (exact) mass is 377 g/mol. The number of carbonyl (C=O) groups excluding carboxylic acids is 3. The number of hydrogen-bond donors (Lipinski definition) is 1. The van der Waals surface area contributed by atoms with Crippen LogP contribution in [-0.2, 0) is 15.0 Å². The summed E-state index contributed by atoms with van der Waals surface area (Å²) >= 11 is 0. The van der Waals surface area contributed by atoms with Crippen molar-refractivity contribution in [3.63, 3.8) is 0 Å². The summed E-state index contributed by atoms with van der Waals surface area (Å²) in [5.41, 5.74) is 8.97. The van der Waals surface area contributed by atoms with E-state index in [1.165, 1.54) is 4.90 Å². The van der Waals surface area contributed by atoms with E-state index in [4.69, 9.17) is 5.73 Å². The standard InChI is InChI=1S/C22H23N3O3/c1-14-7-8-16(11-15(14)2)20(27)24-10-9-22(13-24)17-5-3-4-6-18(17)25(21(22)28)12-19(23)26/h3-8,11H,9-10,12-13H2,1-2H3,(H2,23,26). The number of carbonyl (C=O) groups is 3. The number of benzene rings is 2. The molecule has 4 rings (SSSR count). The summed E-state index contributed by atoms with van der Waals surface area (Å²) in [6, 6.07) is 13.1. The number of anilines is 1. The third kappa shape index (κ3) is 2.68. The molecule has 6 nitrogen and oxygen atoms in total. The largest absolute Gasteiger partial charge is 0.368 e. The minimum Gasteiger partial charge on any atom is -0.368 e. The Morgan fingerprint density at radius 1 is 1.11 bits per heavy atom. The van der Waals surface area contributed by atoms with Gasteiger partial charge in [-0.1, -0.05) is 24.3 Å². The van der Waals surface area contributed by atoms with Gasteiger partial charge in [0.05, 0.1) is 5.41 Å². The molecule has 1 atom stereocenters. The van der Waals surface area contributed by atoms with Gasteiger partial charge in [0.2, 0.25) is 11.8 Å². The molecule has 3 amide bonds. The summed E-state index contributed by atoms with van der Waals surface area (Å²) < 4.78 is 0. The number of hydrogen-bond acceptors (Lipinski definition) is 3. The molecule has 1 unspecified atom stereocenters. The van der Waals surface area contributed by atoms with Crippen LogP contribution in [0.15, 0.2) is 42.5 Å². The predicted octanol–water partition coefficient (Wildman–Crippen LogP) is 1.92. The number of primary amides is 1. The second-order valence-electron chi connectivity index (χ2n) is 7.73. The highest BCUT2D eigenvalue weighted by Gasteiger charge is 2.55. The van der Waals surface area contributed by atoms with Crippen molar-refractivity contribution in [2.24, 2.45) is 5.73 Å². The van der Waals surface area contributed by atoms with Crippen molar-refractivity contribution >= 4 is 23.4 Å². The molecule has 0 aliphatic carbocycles. The van der Waals surface area contributed by atoms with Crippen molar-refractivity contribution in [1.82, 2.24) is 4.90 Å². The van der Waals surface area contributed by atoms with Crippen molar-refractivity contribution in [1.29, 1.82) is 0 Å². The Morgan fingerprint density at radius 3 is 2.57 bits per heavy atom. The minimum absolute atomic E-state index is 0.0707. The molecule has 0 bridgehead atoms. The van der Waals surface area contributed by atoms with Gasteiger partial charge in [-0.3, -0.25) is 14.4 Å². The Balaban J connectivity index is 1.66. The number of nitrogens with two attached hydrogens (primary N) is 1. The van der Waals surface area contributed by atoms with E-state index in [-0.39, 0.29) is 18.4 Å². The van der Waals surface area contributed by atoms with Crippen molar-refractivity contribution in [2.45, 2.75) is 25.7 Å². The van der Waals surface area contributed by atoms with Crippen LogP contribution < -0.4 is 10.6 Å². The van der Waals surface area contributed by atoms with Crippen LogP contribution in [0.5, 0.6) is 0 Å². The average molecular weight is 377 g/mol. The highest BCUT2D eigenvalue weighted by Crippen LogP contribution is 2.47. The van der Waals surface area contributed by atoms with Crippen LogP contribution in [0.25, 0.3) is 0 Å². The third-order valence-corrected chi connectivity index (χ3v) is 5.99. The van der Waals surface area contributed by atoms with Crippen molar-refractivity contribution in [3.05, 3.63) is 64.7 Å². The van der Waals surface area contributed by atoms with Crippen LogP contribution in [0, 0.1) is 13.8 Å². The van der Waals surface area contributed by atoms with E-state index in [0.717, 1.165) is 16.7 Å². The number of fused-ring (bicyclic) bond motifs is 2. The highest BCUT2D eigenvalue weighted by atomic mass is 16.2. The van der Waals surface area contributed by atoms with Crippen molar-refractivity contribution in [2.75, 3.05) is 24.5 Å². The molecule has 1 spiro atoms. The van der Waals surface area contributed by atoms with Crippen LogP contribution in [0.1, 0.15) is 33.5 Å². The second-order valence-corrected chi connectivity index (χ2v) is 7.73. The summed E-state index contributed by atoms with van der Waals surface area (Å²) in [7, 11) is 0. The van der Waals surface area contributed by atoms with Crippen LogP contribution in [0.4, 0.5) is 5.69 Å². The zero-order valence-corrected chi connectivity index (χ0v) is 16.1. The van der Waals surface area contributed by atoms with Crippen LogP contribution >= 0.6 is 0 Å². The Morgan fingerprint density at radius 2 is 1.86 bits per heavy atom. The number of nitrogens with zero attached hydrogens (tertiary/aromatic N) is 2. The molecule has 2 aliphatic rings. The zero-order chi connectivity index (χ0) is 20.1. The molecule has 28 heavy (non-hydrogen) atoms. The quantitative estimate of drug-likeness (QED) is 0.887. The van der Waals surface area contributed by atoms with Gasteiger partial charge in [0.25, 0.3) is 5.91 Å². The number of rotatable bonds is 3. The maximum absolute atomic E-state index is 13.3. The van der Waals surface area contributed by atoms with Gasteiger partial charge in [-0.25, -0.2) is 0 Å². The smallest absolute Gasteiger partial charge is 0.253 e. The van der Waals surface area contributed by atoms with E-state index in [0.29, 0.717) is 30.8 Å². The van der Waals surface area contributed by atoms with Crippen LogP contribution in [-0.4, -0.2) is 42.3 Å². The number of aryl methyl sites for hydroxylation is 2. The van der Waals surface area contributed by atoms with Crippen LogP contribution in [0.2, 0.25) is 0 Å².